The van der Waals surface area contributed by atoms with Crippen LogP contribution in [0.2, 0.25) is 0 Å². The van der Waals surface area contributed by atoms with Crippen molar-refractivity contribution >= 4 is 11.9 Å². The Bertz CT molecular complexity index is 282. The maximum absolute atomic E-state index is 11.5. The van der Waals surface area contributed by atoms with E-state index in [1.54, 1.807) is 0 Å². The highest BCUT2D eigenvalue weighted by atomic mass is 16.4. The maximum atomic E-state index is 11.5. The largest absolute Gasteiger partial charge is 0.481 e. The van der Waals surface area contributed by atoms with Crippen molar-refractivity contribution in [1.82, 2.24) is 5.32 Å². The summed E-state index contributed by atoms with van der Waals surface area (Å²) in [4.78, 5) is 22.1. The van der Waals surface area contributed by atoms with Crippen molar-refractivity contribution in [3.05, 3.63) is 0 Å². The fourth-order valence-electron chi connectivity index (χ4n) is 2.08. The van der Waals surface area contributed by atoms with Crippen molar-refractivity contribution in [3.8, 4) is 0 Å². The molecule has 0 spiro atoms. The molecule has 5 heteroatoms. The van der Waals surface area contributed by atoms with Gasteiger partial charge in [-0.2, -0.15) is 0 Å². The zero-order valence-corrected chi connectivity index (χ0v) is 10.2. The van der Waals surface area contributed by atoms with Crippen LogP contribution in [-0.4, -0.2) is 34.2 Å². The van der Waals surface area contributed by atoms with Crippen molar-refractivity contribution < 1.29 is 19.8 Å². The molecule has 0 aromatic heterocycles. The monoisotopic (exact) mass is 243 g/mol. The topological polar surface area (TPSA) is 86.6 Å². The summed E-state index contributed by atoms with van der Waals surface area (Å²) >= 11 is 0. The average molecular weight is 243 g/mol. The first-order valence-corrected chi connectivity index (χ1v) is 6.17. The first kappa shape index (κ1) is 14.0. The lowest BCUT2D eigenvalue weighted by molar-refractivity contribution is -0.146. The van der Waals surface area contributed by atoms with E-state index >= 15 is 0 Å². The highest BCUT2D eigenvalue weighted by Gasteiger charge is 2.30. The highest BCUT2D eigenvalue weighted by Crippen LogP contribution is 2.26. The van der Waals surface area contributed by atoms with Crippen molar-refractivity contribution in [2.75, 3.05) is 6.54 Å². The third-order valence-corrected chi connectivity index (χ3v) is 3.39. The summed E-state index contributed by atoms with van der Waals surface area (Å²) in [6.07, 6.45) is 5.49. The number of nitrogens with one attached hydrogen (secondary N) is 1. The van der Waals surface area contributed by atoms with E-state index in [1.807, 2.05) is 0 Å². The van der Waals surface area contributed by atoms with Gasteiger partial charge < -0.3 is 15.5 Å². The van der Waals surface area contributed by atoms with Crippen LogP contribution in [0.15, 0.2) is 0 Å². The fraction of sp³-hybridized carbons (Fsp3) is 0.833. The SMILES string of the molecule is CC(C(=O)O)C(=O)NCC1(O)CCCCCC1. The number of aliphatic carboxylic acids is 1. The summed E-state index contributed by atoms with van der Waals surface area (Å²) < 4.78 is 0. The molecule has 0 bridgehead atoms. The highest BCUT2D eigenvalue weighted by molar-refractivity contribution is 5.96. The van der Waals surface area contributed by atoms with Gasteiger partial charge in [-0.15, -0.1) is 0 Å². The fourth-order valence-corrected chi connectivity index (χ4v) is 2.08. The van der Waals surface area contributed by atoms with Crippen molar-refractivity contribution in [3.63, 3.8) is 0 Å². The molecule has 0 aromatic carbocycles. The summed E-state index contributed by atoms with van der Waals surface area (Å²) in [5.74, 6) is -2.74. The van der Waals surface area contributed by atoms with Gasteiger partial charge in [0.05, 0.1) is 5.60 Å². The molecule has 3 N–H and O–H groups in total. The Kier molecular flexibility index (Phi) is 4.93. The van der Waals surface area contributed by atoms with Gasteiger partial charge in [-0.25, -0.2) is 0 Å². The predicted molar refractivity (Wildman–Crippen MR) is 62.5 cm³/mol. The van der Waals surface area contributed by atoms with E-state index in [0.717, 1.165) is 25.7 Å². The molecule has 1 atom stereocenters. The van der Waals surface area contributed by atoms with Crippen LogP contribution in [-0.2, 0) is 9.59 Å². The second-order valence-corrected chi connectivity index (χ2v) is 4.92. The zero-order valence-electron chi connectivity index (χ0n) is 10.2. The van der Waals surface area contributed by atoms with Gasteiger partial charge in [0.15, 0.2) is 0 Å². The molecular weight excluding hydrogens is 222 g/mol. The van der Waals surface area contributed by atoms with Crippen LogP contribution in [0, 0.1) is 5.92 Å². The quantitative estimate of drug-likeness (QED) is 0.506. The van der Waals surface area contributed by atoms with Crippen LogP contribution >= 0.6 is 0 Å². The Morgan fingerprint density at radius 2 is 1.76 bits per heavy atom. The molecule has 1 amide bonds. The normalized spacial score (nSPS) is 21.3. The zero-order chi connectivity index (χ0) is 12.9. The molecule has 5 nitrogen and oxygen atoms in total. The second kappa shape index (κ2) is 6.00. The van der Waals surface area contributed by atoms with Crippen LogP contribution in [0.4, 0.5) is 0 Å². The maximum Gasteiger partial charge on any atom is 0.315 e. The smallest absolute Gasteiger partial charge is 0.315 e. The summed E-state index contributed by atoms with van der Waals surface area (Å²) in [5.41, 5.74) is -0.857. The molecule has 1 saturated carbocycles. The third kappa shape index (κ3) is 4.34. The van der Waals surface area contributed by atoms with E-state index in [1.165, 1.54) is 6.92 Å². The van der Waals surface area contributed by atoms with Gasteiger partial charge in [0, 0.05) is 6.54 Å². The molecule has 17 heavy (non-hydrogen) atoms. The summed E-state index contributed by atoms with van der Waals surface area (Å²) in [5, 5.41) is 21.5. The number of carboxylic acid groups (broad SMARTS) is 1. The van der Waals surface area contributed by atoms with Gasteiger partial charge >= 0.3 is 5.97 Å². The lowest BCUT2D eigenvalue weighted by Gasteiger charge is -2.27. The van der Waals surface area contributed by atoms with Crippen molar-refractivity contribution in [1.29, 1.82) is 0 Å². The van der Waals surface area contributed by atoms with Crippen LogP contribution in [0.3, 0.4) is 0 Å². The van der Waals surface area contributed by atoms with Crippen molar-refractivity contribution in [2.45, 2.75) is 51.0 Å². The minimum atomic E-state index is -1.14. The average Bonchev–Trinajstić information content (AvgIpc) is 2.50. The Balaban J connectivity index is 2.43. The Labute approximate surface area is 101 Å². The summed E-state index contributed by atoms with van der Waals surface area (Å²) in [6, 6.07) is 0. The predicted octanol–water partition coefficient (Wildman–Crippen LogP) is 0.909. The second-order valence-electron chi connectivity index (χ2n) is 4.92. The number of amides is 1. The van der Waals surface area contributed by atoms with E-state index in [9.17, 15) is 14.7 Å². The number of rotatable bonds is 4. The number of aliphatic hydroxyl groups is 1. The standard InChI is InChI=1S/C12H21NO4/c1-9(11(15)16)10(14)13-8-12(17)6-4-2-3-5-7-12/h9,17H,2-8H2,1H3,(H,13,14)(H,15,16). The van der Waals surface area contributed by atoms with Gasteiger partial charge in [-0.05, 0) is 19.8 Å². The van der Waals surface area contributed by atoms with Gasteiger partial charge in [-0.1, -0.05) is 25.7 Å². The first-order valence-electron chi connectivity index (χ1n) is 6.17. The van der Waals surface area contributed by atoms with Crippen LogP contribution in [0.1, 0.15) is 45.4 Å². The van der Waals surface area contributed by atoms with Crippen molar-refractivity contribution in [2.24, 2.45) is 5.92 Å². The van der Waals surface area contributed by atoms with Gasteiger partial charge in [0.25, 0.3) is 0 Å². The Morgan fingerprint density at radius 3 is 2.24 bits per heavy atom. The van der Waals surface area contributed by atoms with Crippen LogP contribution in [0.5, 0.6) is 0 Å². The van der Waals surface area contributed by atoms with Gasteiger partial charge in [0.1, 0.15) is 5.92 Å². The van der Waals surface area contributed by atoms with Gasteiger partial charge in [0.2, 0.25) is 5.91 Å². The molecular formula is C12H21NO4. The molecule has 1 aliphatic carbocycles. The van der Waals surface area contributed by atoms with Gasteiger partial charge in [-0.3, -0.25) is 9.59 Å². The van der Waals surface area contributed by atoms with E-state index in [-0.39, 0.29) is 6.54 Å². The third-order valence-electron chi connectivity index (χ3n) is 3.39. The molecule has 0 aromatic rings. The molecule has 0 radical (unpaired) electrons. The molecule has 0 heterocycles. The molecule has 1 aliphatic rings. The van der Waals surface area contributed by atoms with Crippen LogP contribution < -0.4 is 5.32 Å². The van der Waals surface area contributed by atoms with E-state index < -0.39 is 23.4 Å². The lowest BCUT2D eigenvalue weighted by atomic mass is 9.94. The Hall–Kier alpha value is -1.10. The molecule has 1 rings (SSSR count). The Morgan fingerprint density at radius 1 is 1.24 bits per heavy atom. The molecule has 1 unspecified atom stereocenters. The van der Waals surface area contributed by atoms with E-state index in [0.29, 0.717) is 12.8 Å². The number of hydrogen-bond donors (Lipinski definition) is 3. The van der Waals surface area contributed by atoms with E-state index in [4.69, 9.17) is 5.11 Å². The van der Waals surface area contributed by atoms with Crippen LogP contribution in [0.25, 0.3) is 0 Å². The number of carboxylic acids is 1. The number of hydrogen-bond acceptors (Lipinski definition) is 3. The lowest BCUT2D eigenvalue weighted by Crippen LogP contribution is -2.45. The molecule has 0 saturated heterocycles. The minimum absolute atomic E-state index is 0.156. The minimum Gasteiger partial charge on any atom is -0.481 e. The van der Waals surface area contributed by atoms with E-state index in [2.05, 4.69) is 5.32 Å². The molecule has 0 aliphatic heterocycles. The summed E-state index contributed by atoms with van der Waals surface area (Å²) in [7, 11) is 0. The number of carbonyl (C=O) groups excluding carboxylic acids is 1. The number of carbonyl (C=O) groups is 2. The summed E-state index contributed by atoms with van der Waals surface area (Å²) in [6.45, 7) is 1.50. The molecule has 98 valence electrons. The molecule has 1 fully saturated rings. The first-order chi connectivity index (χ1) is 7.94.